The largest absolute Gasteiger partial charge is 0.349 e. The normalized spacial score (nSPS) is 21.2. The second-order valence-corrected chi connectivity index (χ2v) is 6.98. The Hall–Kier alpha value is -1.69. The monoisotopic (exact) mass is 291 g/mol. The predicted molar refractivity (Wildman–Crippen MR) is 78.2 cm³/mol. The fourth-order valence-corrected chi connectivity index (χ4v) is 3.48. The van der Waals surface area contributed by atoms with Gasteiger partial charge in [0.25, 0.3) is 11.5 Å². The van der Waals surface area contributed by atoms with Gasteiger partial charge in [-0.2, -0.15) is 0 Å². The van der Waals surface area contributed by atoms with Gasteiger partial charge in [0.1, 0.15) is 5.56 Å². The maximum Gasteiger partial charge on any atom is 0.271 e. The highest BCUT2D eigenvalue weighted by molar-refractivity contribution is 7.15. The molecule has 0 aromatic carbocycles. The highest BCUT2D eigenvalue weighted by atomic mass is 32.1. The molecule has 20 heavy (non-hydrogen) atoms. The summed E-state index contributed by atoms with van der Waals surface area (Å²) < 4.78 is 1.41. The number of aromatic nitrogens is 2. The van der Waals surface area contributed by atoms with Crippen LogP contribution in [0.1, 0.15) is 43.5 Å². The van der Waals surface area contributed by atoms with Crippen molar-refractivity contribution in [2.45, 2.75) is 39.2 Å². The molecule has 0 radical (unpaired) electrons. The first-order valence-electron chi connectivity index (χ1n) is 6.72. The Morgan fingerprint density at radius 3 is 3.05 bits per heavy atom. The molecular formula is C14H17N3O2S. The van der Waals surface area contributed by atoms with Crippen LogP contribution in [-0.4, -0.2) is 21.3 Å². The average molecular weight is 291 g/mol. The van der Waals surface area contributed by atoms with Crippen molar-refractivity contribution >= 4 is 22.2 Å². The second-order valence-electron chi connectivity index (χ2n) is 6.11. The molecule has 0 spiro atoms. The van der Waals surface area contributed by atoms with Crippen LogP contribution < -0.4 is 10.9 Å². The molecule has 1 saturated carbocycles. The standard InChI is InChI=1S/C14H17N3O2S/c1-14(2)4-3-9(7-14)16-11(18)10-8-15-13-17(12(10)19)5-6-20-13/h5-6,8-9H,3-4,7H2,1-2H3,(H,16,18). The van der Waals surface area contributed by atoms with Crippen molar-refractivity contribution in [3.63, 3.8) is 0 Å². The molecule has 3 rings (SSSR count). The first-order valence-corrected chi connectivity index (χ1v) is 7.60. The molecule has 2 aromatic heterocycles. The summed E-state index contributed by atoms with van der Waals surface area (Å²) in [5.41, 5.74) is 0.0827. The van der Waals surface area contributed by atoms with Crippen LogP contribution in [0.15, 0.2) is 22.6 Å². The van der Waals surface area contributed by atoms with Gasteiger partial charge in [-0.05, 0) is 24.7 Å². The van der Waals surface area contributed by atoms with E-state index in [2.05, 4.69) is 24.1 Å². The van der Waals surface area contributed by atoms with Gasteiger partial charge in [-0.3, -0.25) is 14.0 Å². The number of carbonyl (C=O) groups excluding carboxylic acids is 1. The highest BCUT2D eigenvalue weighted by Gasteiger charge is 2.32. The Bertz CT molecular complexity index is 717. The molecule has 1 amide bonds. The number of nitrogens with zero attached hydrogens (tertiary/aromatic N) is 2. The Morgan fingerprint density at radius 1 is 1.55 bits per heavy atom. The third-order valence-corrected chi connectivity index (χ3v) is 4.66. The minimum absolute atomic E-state index is 0.116. The van der Waals surface area contributed by atoms with Crippen molar-refractivity contribution < 1.29 is 4.79 Å². The number of rotatable bonds is 2. The zero-order chi connectivity index (χ0) is 14.3. The first kappa shape index (κ1) is 13.3. The Morgan fingerprint density at radius 2 is 2.35 bits per heavy atom. The Kier molecular flexibility index (Phi) is 3.12. The number of hydrogen-bond acceptors (Lipinski definition) is 4. The van der Waals surface area contributed by atoms with E-state index in [4.69, 9.17) is 0 Å². The molecule has 0 saturated heterocycles. The van der Waals surface area contributed by atoms with Crippen LogP contribution in [0.2, 0.25) is 0 Å². The third-order valence-electron chi connectivity index (χ3n) is 3.89. The van der Waals surface area contributed by atoms with Crippen LogP contribution in [-0.2, 0) is 0 Å². The van der Waals surface area contributed by atoms with E-state index in [-0.39, 0.29) is 28.5 Å². The van der Waals surface area contributed by atoms with E-state index >= 15 is 0 Å². The third kappa shape index (κ3) is 2.35. The smallest absolute Gasteiger partial charge is 0.271 e. The fourth-order valence-electron chi connectivity index (χ4n) is 2.80. The van der Waals surface area contributed by atoms with Crippen molar-refractivity contribution in [2.75, 3.05) is 0 Å². The molecule has 1 atom stereocenters. The number of nitrogens with one attached hydrogen (secondary N) is 1. The van der Waals surface area contributed by atoms with E-state index in [1.165, 1.54) is 21.9 Å². The minimum Gasteiger partial charge on any atom is -0.349 e. The lowest BCUT2D eigenvalue weighted by molar-refractivity contribution is 0.0934. The number of hydrogen-bond donors (Lipinski definition) is 1. The summed E-state index contributed by atoms with van der Waals surface area (Å²) in [5, 5.41) is 4.74. The van der Waals surface area contributed by atoms with E-state index in [9.17, 15) is 9.59 Å². The van der Waals surface area contributed by atoms with Gasteiger partial charge in [-0.15, -0.1) is 11.3 Å². The highest BCUT2D eigenvalue weighted by Crippen LogP contribution is 2.36. The number of amides is 1. The predicted octanol–water partition coefficient (Wildman–Crippen LogP) is 2.06. The zero-order valence-electron chi connectivity index (χ0n) is 11.5. The van der Waals surface area contributed by atoms with Crippen LogP contribution in [0.3, 0.4) is 0 Å². The fraction of sp³-hybridized carbons (Fsp3) is 0.500. The molecule has 1 fully saturated rings. The maximum absolute atomic E-state index is 12.2. The summed E-state index contributed by atoms with van der Waals surface area (Å²) in [7, 11) is 0. The SMILES string of the molecule is CC1(C)CCC(NC(=O)c2cnc3sccn3c2=O)C1. The van der Waals surface area contributed by atoms with Crippen molar-refractivity contribution in [1.82, 2.24) is 14.7 Å². The van der Waals surface area contributed by atoms with Crippen LogP contribution in [0, 0.1) is 5.41 Å². The lowest BCUT2D eigenvalue weighted by atomic mass is 9.92. The summed E-state index contributed by atoms with van der Waals surface area (Å²) in [6.45, 7) is 4.40. The molecule has 1 unspecified atom stereocenters. The summed E-state index contributed by atoms with van der Waals surface area (Å²) >= 11 is 1.37. The Balaban J connectivity index is 1.83. The van der Waals surface area contributed by atoms with Crippen LogP contribution >= 0.6 is 11.3 Å². The van der Waals surface area contributed by atoms with Gasteiger partial charge in [0, 0.05) is 23.8 Å². The van der Waals surface area contributed by atoms with E-state index in [0.717, 1.165) is 19.3 Å². The number of carbonyl (C=O) groups is 1. The molecule has 0 aliphatic heterocycles. The van der Waals surface area contributed by atoms with Crippen molar-refractivity contribution in [3.05, 3.63) is 33.7 Å². The summed E-state index contributed by atoms with van der Waals surface area (Å²) in [5.74, 6) is -0.314. The van der Waals surface area contributed by atoms with Crippen molar-refractivity contribution in [2.24, 2.45) is 5.41 Å². The van der Waals surface area contributed by atoms with Crippen molar-refractivity contribution in [3.8, 4) is 0 Å². The second kappa shape index (κ2) is 4.70. The van der Waals surface area contributed by atoms with Gasteiger partial charge >= 0.3 is 0 Å². The molecule has 2 heterocycles. The molecule has 106 valence electrons. The summed E-state index contributed by atoms with van der Waals surface area (Å²) in [4.78, 5) is 29.2. The molecule has 6 heteroatoms. The molecular weight excluding hydrogens is 274 g/mol. The van der Waals surface area contributed by atoms with Gasteiger partial charge in [0.2, 0.25) is 0 Å². The van der Waals surface area contributed by atoms with E-state index < -0.39 is 0 Å². The minimum atomic E-state index is -0.314. The molecule has 0 bridgehead atoms. The topological polar surface area (TPSA) is 63.5 Å². The number of fused-ring (bicyclic) bond motifs is 1. The van der Waals surface area contributed by atoms with Gasteiger partial charge in [0.05, 0.1) is 0 Å². The summed E-state index contributed by atoms with van der Waals surface area (Å²) in [6.07, 6.45) is 6.04. The van der Waals surface area contributed by atoms with Crippen LogP contribution in [0.4, 0.5) is 0 Å². The average Bonchev–Trinajstić information content (AvgIpc) is 2.96. The van der Waals surface area contributed by atoms with Crippen molar-refractivity contribution in [1.29, 1.82) is 0 Å². The van der Waals surface area contributed by atoms with E-state index in [1.54, 1.807) is 11.6 Å². The van der Waals surface area contributed by atoms with Crippen LogP contribution in [0.5, 0.6) is 0 Å². The first-order chi connectivity index (χ1) is 9.46. The molecule has 2 aromatic rings. The lowest BCUT2D eigenvalue weighted by Crippen LogP contribution is -2.37. The van der Waals surface area contributed by atoms with E-state index in [0.29, 0.717) is 4.96 Å². The molecule has 1 aliphatic rings. The Labute approximate surface area is 120 Å². The van der Waals surface area contributed by atoms with Gasteiger partial charge < -0.3 is 5.32 Å². The van der Waals surface area contributed by atoms with Gasteiger partial charge in [-0.1, -0.05) is 13.8 Å². The zero-order valence-corrected chi connectivity index (χ0v) is 12.4. The maximum atomic E-state index is 12.2. The number of thiazole rings is 1. The quantitative estimate of drug-likeness (QED) is 0.921. The van der Waals surface area contributed by atoms with E-state index in [1.807, 2.05) is 0 Å². The summed E-state index contributed by atoms with van der Waals surface area (Å²) in [6, 6.07) is 0.153. The molecule has 5 nitrogen and oxygen atoms in total. The van der Waals surface area contributed by atoms with Crippen LogP contribution in [0.25, 0.3) is 4.96 Å². The molecule has 1 N–H and O–H groups in total. The van der Waals surface area contributed by atoms with Gasteiger partial charge in [-0.25, -0.2) is 4.98 Å². The van der Waals surface area contributed by atoms with Gasteiger partial charge in [0.15, 0.2) is 4.96 Å². The molecule has 1 aliphatic carbocycles. The lowest BCUT2D eigenvalue weighted by Gasteiger charge is -2.17.